The van der Waals surface area contributed by atoms with E-state index < -0.39 is 28.5 Å². The Morgan fingerprint density at radius 2 is 2.00 bits per heavy atom. The van der Waals surface area contributed by atoms with Crippen LogP contribution in [0.4, 0.5) is 14.9 Å². The first-order valence-electron chi connectivity index (χ1n) is 10.7. The number of fused-ring (bicyclic) bond motifs is 1. The molecule has 34 heavy (non-hydrogen) atoms. The maximum absolute atomic E-state index is 15.9. The fourth-order valence-corrected chi connectivity index (χ4v) is 5.05. The molecule has 0 aromatic heterocycles. The molecule has 3 amide bonds. The fourth-order valence-electron chi connectivity index (χ4n) is 3.89. The maximum Gasteiger partial charge on any atom is 0.326 e. The van der Waals surface area contributed by atoms with Crippen molar-refractivity contribution in [3.05, 3.63) is 58.9 Å². The largest absolute Gasteiger partial charge is 0.487 e. The number of benzene rings is 2. The predicted octanol–water partition coefficient (Wildman–Crippen LogP) is 1.30. The molecule has 12 heteroatoms. The van der Waals surface area contributed by atoms with Crippen LogP contribution in [0, 0.1) is 5.82 Å². The van der Waals surface area contributed by atoms with Gasteiger partial charge in [-0.05, 0) is 23.6 Å². The molecule has 0 aliphatic carbocycles. The summed E-state index contributed by atoms with van der Waals surface area (Å²) in [6.45, 7) is 0.450. The van der Waals surface area contributed by atoms with Crippen molar-refractivity contribution in [3.63, 3.8) is 0 Å². The van der Waals surface area contributed by atoms with Crippen LogP contribution >= 0.6 is 0 Å². The van der Waals surface area contributed by atoms with E-state index in [1.54, 1.807) is 6.07 Å². The normalized spacial score (nSPS) is 16.7. The molecule has 4 rings (SSSR count). The lowest BCUT2D eigenvalue weighted by Gasteiger charge is -2.31. The number of hydrogen-bond acceptors (Lipinski definition) is 6. The number of rotatable bonds is 7. The van der Waals surface area contributed by atoms with Crippen LogP contribution in [0.2, 0.25) is 0 Å². The summed E-state index contributed by atoms with van der Waals surface area (Å²) in [6.07, 6.45) is 0.357. The van der Waals surface area contributed by atoms with Crippen molar-refractivity contribution in [1.82, 2.24) is 14.9 Å². The molecule has 0 atom stereocenters. The topological polar surface area (TPSA) is 117 Å². The molecule has 0 unspecified atom stereocenters. The average molecular weight is 493 g/mol. The number of methoxy groups -OCH3 is 1. The molecular formula is C22H25FN4O6S. The first-order valence-corrected chi connectivity index (χ1v) is 12.1. The van der Waals surface area contributed by atoms with E-state index in [9.17, 15) is 18.0 Å². The van der Waals surface area contributed by atoms with Crippen LogP contribution in [0.1, 0.15) is 16.7 Å². The first kappa shape index (κ1) is 23.8. The third-order valence-electron chi connectivity index (χ3n) is 5.58. The lowest BCUT2D eigenvalue weighted by atomic mass is 9.97. The summed E-state index contributed by atoms with van der Waals surface area (Å²) in [5, 5.41) is 2.70. The van der Waals surface area contributed by atoms with Gasteiger partial charge >= 0.3 is 16.2 Å². The van der Waals surface area contributed by atoms with Gasteiger partial charge in [-0.15, -0.1) is 0 Å². The second kappa shape index (κ2) is 9.85. The van der Waals surface area contributed by atoms with Gasteiger partial charge < -0.3 is 19.7 Å². The van der Waals surface area contributed by atoms with Crippen molar-refractivity contribution in [1.29, 1.82) is 0 Å². The molecule has 0 radical (unpaired) electrons. The molecule has 2 N–H and O–H groups in total. The van der Waals surface area contributed by atoms with Gasteiger partial charge in [0.05, 0.1) is 13.2 Å². The lowest BCUT2D eigenvalue weighted by Crippen LogP contribution is -2.44. The van der Waals surface area contributed by atoms with Gasteiger partial charge in [0.15, 0.2) is 5.82 Å². The Labute approximate surface area is 196 Å². The van der Waals surface area contributed by atoms with E-state index in [-0.39, 0.29) is 36.2 Å². The first-order chi connectivity index (χ1) is 16.3. The van der Waals surface area contributed by atoms with Crippen molar-refractivity contribution >= 4 is 27.8 Å². The van der Waals surface area contributed by atoms with Gasteiger partial charge in [0, 0.05) is 25.8 Å². The van der Waals surface area contributed by atoms with E-state index in [0.717, 1.165) is 5.56 Å². The van der Waals surface area contributed by atoms with Gasteiger partial charge in [0.1, 0.15) is 24.6 Å². The third-order valence-corrected chi connectivity index (χ3v) is 6.95. The minimum atomic E-state index is -4.28. The molecule has 2 aromatic rings. The molecule has 2 heterocycles. The number of amides is 3. The number of ether oxygens (including phenoxy) is 2. The van der Waals surface area contributed by atoms with E-state index in [1.807, 2.05) is 35.1 Å². The van der Waals surface area contributed by atoms with Crippen LogP contribution in [0.5, 0.6) is 5.75 Å². The van der Waals surface area contributed by atoms with Gasteiger partial charge in [-0.25, -0.2) is 18.2 Å². The highest BCUT2D eigenvalue weighted by atomic mass is 32.2. The summed E-state index contributed by atoms with van der Waals surface area (Å²) in [5.41, 5.74) is 1.25. The molecule has 1 fully saturated rings. The number of carbonyl (C=O) groups is 2. The minimum Gasteiger partial charge on any atom is -0.487 e. The van der Waals surface area contributed by atoms with Crippen LogP contribution < -0.4 is 19.1 Å². The van der Waals surface area contributed by atoms with Crippen molar-refractivity contribution in [2.24, 2.45) is 0 Å². The second-order valence-corrected chi connectivity index (χ2v) is 9.48. The molecule has 10 nitrogen and oxygen atoms in total. The van der Waals surface area contributed by atoms with Crippen LogP contribution in [0.25, 0.3) is 0 Å². The Bertz CT molecular complexity index is 1190. The standard InChI is InChI=1S/C22H25FN4O6S/c1-32-10-8-24-22(29)26-9-7-16-11-18(33-14-15-5-3-2-4-6-15)21(20(23)17(16)12-26)27-13-19(28)25-34(27,30)31/h2-6,11H,7-10,12-14H2,1H3,(H,24,29)(H,25,28). The van der Waals surface area contributed by atoms with Crippen molar-refractivity contribution in [2.45, 2.75) is 19.6 Å². The number of carbonyl (C=O) groups excluding carboxylic acids is 2. The minimum absolute atomic E-state index is 0.0122. The van der Waals surface area contributed by atoms with Crippen molar-refractivity contribution in [3.8, 4) is 5.75 Å². The molecule has 0 spiro atoms. The summed E-state index contributed by atoms with van der Waals surface area (Å²) in [5.74, 6) is -1.60. The van der Waals surface area contributed by atoms with Gasteiger partial charge in [0.2, 0.25) is 0 Å². The average Bonchev–Trinajstić information content (AvgIpc) is 3.09. The highest BCUT2D eigenvalue weighted by Gasteiger charge is 2.39. The number of nitrogens with zero attached hydrogens (tertiary/aromatic N) is 2. The summed E-state index contributed by atoms with van der Waals surface area (Å²) < 4.78 is 54.3. The summed E-state index contributed by atoms with van der Waals surface area (Å²) >= 11 is 0. The van der Waals surface area contributed by atoms with Gasteiger partial charge in [-0.3, -0.25) is 4.79 Å². The molecule has 1 saturated heterocycles. The Morgan fingerprint density at radius 3 is 2.68 bits per heavy atom. The Kier molecular flexibility index (Phi) is 6.89. The second-order valence-electron chi connectivity index (χ2n) is 7.88. The number of halogens is 1. The lowest BCUT2D eigenvalue weighted by molar-refractivity contribution is -0.117. The zero-order valence-corrected chi connectivity index (χ0v) is 19.4. The Hall–Kier alpha value is -3.38. The van der Waals surface area contributed by atoms with Crippen LogP contribution in [0.15, 0.2) is 36.4 Å². The quantitative estimate of drug-likeness (QED) is 0.563. The fraction of sp³-hybridized carbons (Fsp3) is 0.364. The van der Waals surface area contributed by atoms with Gasteiger partial charge in [-0.2, -0.15) is 8.42 Å². The monoisotopic (exact) mass is 492 g/mol. The number of anilines is 1. The SMILES string of the molecule is COCCNC(=O)N1CCc2cc(OCc3ccccc3)c(N3CC(=O)NS3(=O)=O)c(F)c2C1. The molecule has 2 aliphatic rings. The highest BCUT2D eigenvalue weighted by Crippen LogP contribution is 2.40. The van der Waals surface area contributed by atoms with Gasteiger partial charge in [0.25, 0.3) is 5.91 Å². The Morgan fingerprint density at radius 1 is 1.24 bits per heavy atom. The third kappa shape index (κ3) is 4.92. The van der Waals surface area contributed by atoms with E-state index >= 15 is 4.39 Å². The molecule has 182 valence electrons. The van der Waals surface area contributed by atoms with E-state index in [1.165, 1.54) is 12.0 Å². The molecule has 0 saturated carbocycles. The number of hydrogen-bond donors (Lipinski definition) is 2. The Balaban J connectivity index is 1.68. The zero-order valence-electron chi connectivity index (χ0n) is 18.5. The predicted molar refractivity (Wildman–Crippen MR) is 121 cm³/mol. The number of nitrogens with one attached hydrogen (secondary N) is 2. The van der Waals surface area contributed by atoms with Crippen molar-refractivity contribution in [2.75, 3.05) is 37.7 Å². The van der Waals surface area contributed by atoms with E-state index in [4.69, 9.17) is 9.47 Å². The van der Waals surface area contributed by atoms with E-state index in [0.29, 0.717) is 36.0 Å². The van der Waals surface area contributed by atoms with Crippen LogP contribution in [-0.4, -0.2) is 58.6 Å². The van der Waals surface area contributed by atoms with Gasteiger partial charge in [-0.1, -0.05) is 30.3 Å². The van der Waals surface area contributed by atoms with Crippen molar-refractivity contribution < 1.29 is 31.9 Å². The zero-order chi connectivity index (χ0) is 24.3. The van der Waals surface area contributed by atoms with Crippen LogP contribution in [0.3, 0.4) is 0 Å². The molecular weight excluding hydrogens is 467 g/mol. The maximum atomic E-state index is 15.9. The summed E-state index contributed by atoms with van der Waals surface area (Å²) in [7, 11) is -2.76. The molecule has 2 aromatic carbocycles. The molecule has 2 aliphatic heterocycles. The smallest absolute Gasteiger partial charge is 0.326 e. The summed E-state index contributed by atoms with van der Waals surface area (Å²) in [4.78, 5) is 25.7. The highest BCUT2D eigenvalue weighted by molar-refractivity contribution is 7.92. The number of urea groups is 1. The summed E-state index contributed by atoms with van der Waals surface area (Å²) in [6, 6.07) is 10.4. The molecule has 0 bridgehead atoms. The van der Waals surface area contributed by atoms with Crippen LogP contribution in [-0.2, 0) is 39.3 Å². The van der Waals surface area contributed by atoms with E-state index in [2.05, 4.69) is 5.32 Å².